The number of non-ortho nitro benzene ring substituents is 1. The highest BCUT2D eigenvalue weighted by Crippen LogP contribution is 2.32. The Balaban J connectivity index is 1.71. The van der Waals surface area contributed by atoms with Crippen molar-refractivity contribution in [3.63, 3.8) is 0 Å². The minimum atomic E-state index is -0.439. The minimum Gasteiger partial charge on any atom is -0.497 e. The molecule has 4 rings (SSSR count). The van der Waals surface area contributed by atoms with Crippen LogP contribution in [0.3, 0.4) is 0 Å². The number of nitro benzene ring substituents is 1. The number of benzene rings is 3. The van der Waals surface area contributed by atoms with Crippen molar-refractivity contribution < 1.29 is 18.9 Å². The molecule has 0 aliphatic heterocycles. The van der Waals surface area contributed by atoms with Crippen LogP contribution < -0.4 is 4.74 Å². The van der Waals surface area contributed by atoms with Crippen LogP contribution in [0.15, 0.2) is 76.1 Å². The number of hydrogen-bond acceptors (Lipinski definition) is 6. The topological polar surface area (TPSA) is 94.9 Å². The number of hydrogen-bond donors (Lipinski definition) is 0. The van der Waals surface area contributed by atoms with Gasteiger partial charge < -0.3 is 9.15 Å². The molecule has 34 heavy (non-hydrogen) atoms. The van der Waals surface area contributed by atoms with E-state index in [0.717, 1.165) is 18.4 Å². The van der Waals surface area contributed by atoms with Gasteiger partial charge in [-0.05, 0) is 66.6 Å². The number of carbonyl (C=O) groups excluding carboxylic acids is 1. The third kappa shape index (κ3) is 4.88. The highest BCUT2D eigenvalue weighted by molar-refractivity contribution is 6.17. The predicted octanol–water partition coefficient (Wildman–Crippen LogP) is 6.67. The van der Waals surface area contributed by atoms with Gasteiger partial charge in [-0.15, -0.1) is 0 Å². The Morgan fingerprint density at radius 3 is 2.47 bits per heavy atom. The lowest BCUT2D eigenvalue weighted by atomic mass is 9.98. The zero-order chi connectivity index (χ0) is 24.1. The lowest BCUT2D eigenvalue weighted by molar-refractivity contribution is -0.384. The van der Waals surface area contributed by atoms with Crippen molar-refractivity contribution in [2.75, 3.05) is 7.11 Å². The fraction of sp³-hybridized carbons (Fsp3) is 0.185. The number of aliphatic imine (C=N–C) groups is 1. The molecule has 0 saturated carbocycles. The number of fused-ring (bicyclic) bond motifs is 1. The van der Waals surface area contributed by atoms with Crippen LogP contribution in [-0.2, 0) is 6.42 Å². The predicted molar refractivity (Wildman–Crippen MR) is 132 cm³/mol. The smallest absolute Gasteiger partial charge is 0.269 e. The normalized spacial score (nSPS) is 11.2. The zero-order valence-electron chi connectivity index (χ0n) is 19.0. The second-order valence-electron chi connectivity index (χ2n) is 7.85. The summed E-state index contributed by atoms with van der Waals surface area (Å²) in [7, 11) is 1.59. The maximum absolute atomic E-state index is 13.5. The average Bonchev–Trinajstić information content (AvgIpc) is 3.23. The molecule has 1 aromatic heterocycles. The molecule has 7 nitrogen and oxygen atoms in total. The van der Waals surface area contributed by atoms with Crippen LogP contribution in [0.2, 0.25) is 0 Å². The van der Waals surface area contributed by atoms with Crippen molar-refractivity contribution in [1.29, 1.82) is 0 Å². The van der Waals surface area contributed by atoms with Gasteiger partial charge in [0.15, 0.2) is 5.78 Å². The second-order valence-corrected chi connectivity index (χ2v) is 7.85. The molecule has 0 amide bonds. The van der Waals surface area contributed by atoms with E-state index in [1.165, 1.54) is 12.1 Å². The summed E-state index contributed by atoms with van der Waals surface area (Å²) in [5, 5.41) is 11.5. The molecule has 0 bridgehead atoms. The van der Waals surface area contributed by atoms with Crippen LogP contribution in [0.1, 0.15) is 47.0 Å². The third-order valence-corrected chi connectivity index (χ3v) is 5.55. The summed E-state index contributed by atoms with van der Waals surface area (Å²) in [5.41, 5.74) is 3.16. The molecule has 1 heterocycles. The maximum atomic E-state index is 13.5. The van der Waals surface area contributed by atoms with Gasteiger partial charge in [0, 0.05) is 35.7 Å². The highest BCUT2D eigenvalue weighted by atomic mass is 16.6. The number of methoxy groups -OCH3 is 1. The van der Waals surface area contributed by atoms with Gasteiger partial charge in [-0.2, -0.15) is 0 Å². The van der Waals surface area contributed by atoms with Gasteiger partial charge in [0.1, 0.15) is 17.1 Å². The van der Waals surface area contributed by atoms with Crippen molar-refractivity contribution >= 4 is 34.3 Å². The molecular weight excluding hydrogens is 432 g/mol. The van der Waals surface area contributed by atoms with Gasteiger partial charge in [-0.1, -0.05) is 13.3 Å². The van der Waals surface area contributed by atoms with Gasteiger partial charge in [-0.25, -0.2) is 0 Å². The quantitative estimate of drug-likeness (QED) is 0.121. The first-order chi connectivity index (χ1) is 16.5. The van der Waals surface area contributed by atoms with E-state index in [1.54, 1.807) is 49.7 Å². The summed E-state index contributed by atoms with van der Waals surface area (Å²) in [6.45, 7) is 2.10. The van der Waals surface area contributed by atoms with Crippen LogP contribution in [0, 0.1) is 10.1 Å². The van der Waals surface area contributed by atoms with Crippen LogP contribution in [0.25, 0.3) is 11.0 Å². The van der Waals surface area contributed by atoms with Crippen LogP contribution in [0.4, 0.5) is 11.4 Å². The van der Waals surface area contributed by atoms with Crippen molar-refractivity contribution in [2.24, 2.45) is 4.99 Å². The summed E-state index contributed by atoms with van der Waals surface area (Å²) >= 11 is 0. The summed E-state index contributed by atoms with van der Waals surface area (Å²) < 4.78 is 11.3. The van der Waals surface area contributed by atoms with E-state index >= 15 is 0 Å². The molecule has 0 atom stereocenters. The Bertz CT molecular complexity index is 1350. The highest BCUT2D eigenvalue weighted by Gasteiger charge is 2.22. The molecule has 172 valence electrons. The van der Waals surface area contributed by atoms with Crippen molar-refractivity contribution in [1.82, 2.24) is 0 Å². The lowest BCUT2D eigenvalue weighted by Gasteiger charge is -2.05. The Morgan fingerprint density at radius 1 is 1.09 bits per heavy atom. The van der Waals surface area contributed by atoms with E-state index in [2.05, 4.69) is 11.9 Å². The van der Waals surface area contributed by atoms with Crippen LogP contribution in [-0.4, -0.2) is 24.0 Å². The van der Waals surface area contributed by atoms with Crippen LogP contribution in [0.5, 0.6) is 5.75 Å². The molecule has 0 unspecified atom stereocenters. The van der Waals surface area contributed by atoms with E-state index in [0.29, 0.717) is 45.7 Å². The Labute approximate surface area is 196 Å². The molecule has 0 aliphatic carbocycles. The Kier molecular flexibility index (Phi) is 6.82. The summed E-state index contributed by atoms with van der Waals surface area (Å²) in [5.74, 6) is 1.25. The molecule has 0 spiro atoms. The number of nitrogens with zero attached hydrogens (tertiary/aromatic N) is 2. The number of rotatable bonds is 9. The number of unbranched alkanes of at least 4 members (excludes halogenated alkanes) is 1. The zero-order valence-corrected chi connectivity index (χ0v) is 19.0. The van der Waals surface area contributed by atoms with Gasteiger partial charge in [0.25, 0.3) is 5.69 Å². The standard InChI is InChI=1S/C27H24N2O5/c1-3-4-5-25-26(27(30)19-8-13-22(33-2)14-9-19)23-16-20(10-15-24(23)34-25)28-17-18-6-11-21(12-7-18)29(31)32/h6-17H,3-5H2,1-2H3. The van der Waals surface area contributed by atoms with E-state index < -0.39 is 4.92 Å². The van der Waals surface area contributed by atoms with Gasteiger partial charge in [0.2, 0.25) is 0 Å². The monoisotopic (exact) mass is 456 g/mol. The summed E-state index contributed by atoms with van der Waals surface area (Å²) in [6, 6.07) is 18.7. The van der Waals surface area contributed by atoms with Crippen molar-refractivity contribution in [2.45, 2.75) is 26.2 Å². The van der Waals surface area contributed by atoms with E-state index in [9.17, 15) is 14.9 Å². The molecule has 0 fully saturated rings. The van der Waals surface area contributed by atoms with Gasteiger partial charge in [-0.3, -0.25) is 19.9 Å². The molecule has 0 saturated heterocycles. The van der Waals surface area contributed by atoms with E-state index in [-0.39, 0.29) is 11.5 Å². The number of aryl methyl sites for hydroxylation is 1. The molecule has 7 heteroatoms. The number of nitro groups is 1. The first-order valence-corrected chi connectivity index (χ1v) is 11.0. The van der Waals surface area contributed by atoms with Crippen LogP contribution >= 0.6 is 0 Å². The molecule has 0 N–H and O–H groups in total. The van der Waals surface area contributed by atoms with Gasteiger partial charge in [0.05, 0.1) is 23.3 Å². The Hall–Kier alpha value is -4.26. The lowest BCUT2D eigenvalue weighted by Crippen LogP contribution is -2.04. The number of ether oxygens (including phenoxy) is 1. The number of furan rings is 1. The van der Waals surface area contributed by atoms with E-state index in [4.69, 9.17) is 9.15 Å². The number of carbonyl (C=O) groups is 1. The molecule has 0 aliphatic rings. The van der Waals surface area contributed by atoms with Gasteiger partial charge >= 0.3 is 0 Å². The maximum Gasteiger partial charge on any atom is 0.269 e. The number of ketones is 1. The van der Waals surface area contributed by atoms with E-state index in [1.807, 2.05) is 18.2 Å². The van der Waals surface area contributed by atoms with Crippen molar-refractivity contribution in [3.05, 3.63) is 99.3 Å². The molecular formula is C27H24N2O5. The molecule has 0 radical (unpaired) electrons. The summed E-state index contributed by atoms with van der Waals surface area (Å²) in [6.07, 6.45) is 4.20. The first-order valence-electron chi connectivity index (χ1n) is 11.0. The molecule has 3 aromatic carbocycles. The average molecular weight is 456 g/mol. The van der Waals surface area contributed by atoms with Crippen molar-refractivity contribution in [3.8, 4) is 5.75 Å². The SMILES string of the molecule is CCCCc1oc2ccc(N=Cc3ccc([N+](=O)[O-])cc3)cc2c1C(=O)c1ccc(OC)cc1. The molecule has 4 aromatic rings. The summed E-state index contributed by atoms with van der Waals surface area (Å²) in [4.78, 5) is 28.4. The third-order valence-electron chi connectivity index (χ3n) is 5.55. The largest absolute Gasteiger partial charge is 0.497 e. The fourth-order valence-electron chi connectivity index (χ4n) is 3.70. The minimum absolute atomic E-state index is 0.0262. The first kappa shape index (κ1) is 22.9. The fourth-order valence-corrected chi connectivity index (χ4v) is 3.70. The Morgan fingerprint density at radius 2 is 1.82 bits per heavy atom. The second kappa shape index (κ2) is 10.1.